The number of carbonyl (C=O) groups excluding carboxylic acids is 1. The minimum absolute atomic E-state index is 0.0204. The van der Waals surface area contributed by atoms with Gasteiger partial charge in [0, 0.05) is 16.2 Å². The Labute approximate surface area is 123 Å². The zero-order chi connectivity index (χ0) is 13.7. The van der Waals surface area contributed by atoms with Crippen LogP contribution in [-0.2, 0) is 0 Å². The van der Waals surface area contributed by atoms with E-state index in [1.54, 1.807) is 30.5 Å². The first-order valence-electron chi connectivity index (χ1n) is 5.47. The molecule has 0 fully saturated rings. The fraction of sp³-hybridized carbons (Fsp3) is 0.0714. The zero-order valence-corrected chi connectivity index (χ0v) is 12.2. The molecule has 1 aromatic carbocycles. The molecular formula is C14H9BrN2OS. The molecule has 5 heteroatoms. The molecule has 3 nitrogen and oxygen atoms in total. The van der Waals surface area contributed by atoms with Crippen LogP contribution >= 0.6 is 27.7 Å². The summed E-state index contributed by atoms with van der Waals surface area (Å²) in [5, 5.41) is 9.49. The minimum Gasteiger partial charge on any atom is -0.293 e. The lowest BCUT2D eigenvalue weighted by Gasteiger charge is -2.03. The molecule has 0 aliphatic carbocycles. The van der Waals surface area contributed by atoms with Gasteiger partial charge in [0.15, 0.2) is 5.78 Å². The Morgan fingerprint density at radius 3 is 2.68 bits per heavy atom. The molecule has 0 aliphatic rings. The molecule has 0 amide bonds. The highest BCUT2D eigenvalue weighted by atomic mass is 79.9. The Bertz CT molecular complexity index is 635. The number of rotatable bonds is 4. The van der Waals surface area contributed by atoms with Crippen LogP contribution in [0.1, 0.15) is 15.9 Å². The van der Waals surface area contributed by atoms with Crippen LogP contribution in [0.5, 0.6) is 0 Å². The summed E-state index contributed by atoms with van der Waals surface area (Å²) in [5.74, 6) is 0.341. The van der Waals surface area contributed by atoms with E-state index in [0.29, 0.717) is 16.9 Å². The van der Waals surface area contributed by atoms with Crippen LogP contribution in [0.4, 0.5) is 0 Å². The summed E-state index contributed by atoms with van der Waals surface area (Å²) < 4.78 is 0.882. The van der Waals surface area contributed by atoms with E-state index in [0.717, 1.165) is 9.50 Å². The molecule has 2 aromatic rings. The topological polar surface area (TPSA) is 53.8 Å². The fourth-order valence-electron chi connectivity index (χ4n) is 1.43. The Morgan fingerprint density at radius 1 is 1.32 bits per heavy atom. The molecule has 1 aromatic heterocycles. The maximum atomic E-state index is 12.0. The highest BCUT2D eigenvalue weighted by Gasteiger charge is 2.08. The average Bonchev–Trinajstić information content (AvgIpc) is 2.46. The molecule has 0 atom stereocenters. The highest BCUT2D eigenvalue weighted by molar-refractivity contribution is 9.10. The second kappa shape index (κ2) is 6.50. The molecule has 0 radical (unpaired) electrons. The third-order valence-corrected chi connectivity index (χ3v) is 4.31. The van der Waals surface area contributed by atoms with Gasteiger partial charge in [0.05, 0.1) is 17.4 Å². The first-order chi connectivity index (χ1) is 9.20. The number of pyridine rings is 1. The van der Waals surface area contributed by atoms with Crippen LogP contribution < -0.4 is 0 Å². The summed E-state index contributed by atoms with van der Waals surface area (Å²) in [6.07, 6.45) is 1.69. The molecule has 0 saturated carbocycles. The van der Waals surface area contributed by atoms with Crippen molar-refractivity contribution in [3.8, 4) is 6.07 Å². The predicted octanol–water partition coefficient (Wildman–Crippen LogP) is 3.69. The SMILES string of the molecule is N#Cc1ccc(C(=O)CSc2ncccc2Br)cc1. The summed E-state index contributed by atoms with van der Waals surface area (Å²) in [4.78, 5) is 16.2. The van der Waals surface area contributed by atoms with Gasteiger partial charge in [-0.25, -0.2) is 4.98 Å². The van der Waals surface area contributed by atoms with E-state index in [9.17, 15) is 4.79 Å². The number of thioether (sulfide) groups is 1. The van der Waals surface area contributed by atoms with Crippen LogP contribution in [0.2, 0.25) is 0 Å². The van der Waals surface area contributed by atoms with E-state index in [1.165, 1.54) is 11.8 Å². The van der Waals surface area contributed by atoms with Crippen molar-refractivity contribution in [1.29, 1.82) is 5.26 Å². The minimum atomic E-state index is 0.0204. The average molecular weight is 333 g/mol. The maximum absolute atomic E-state index is 12.0. The molecule has 0 saturated heterocycles. The van der Waals surface area contributed by atoms with Gasteiger partial charge >= 0.3 is 0 Å². The van der Waals surface area contributed by atoms with Crippen molar-refractivity contribution < 1.29 is 4.79 Å². The van der Waals surface area contributed by atoms with Gasteiger partial charge in [0.1, 0.15) is 5.03 Å². The lowest BCUT2D eigenvalue weighted by atomic mass is 10.1. The third kappa shape index (κ3) is 3.66. The van der Waals surface area contributed by atoms with Crippen molar-refractivity contribution in [2.24, 2.45) is 0 Å². The highest BCUT2D eigenvalue weighted by Crippen LogP contribution is 2.25. The number of nitrogens with zero attached hydrogens (tertiary/aromatic N) is 2. The summed E-state index contributed by atoms with van der Waals surface area (Å²) in [6.45, 7) is 0. The van der Waals surface area contributed by atoms with E-state index in [1.807, 2.05) is 18.2 Å². The molecule has 1 heterocycles. The van der Waals surface area contributed by atoms with Gasteiger partial charge in [-0.05, 0) is 40.2 Å². The van der Waals surface area contributed by atoms with Crippen molar-refractivity contribution in [3.05, 3.63) is 58.2 Å². The Hall–Kier alpha value is -1.64. The van der Waals surface area contributed by atoms with Gasteiger partial charge in [0.25, 0.3) is 0 Å². The molecule has 0 unspecified atom stereocenters. The monoisotopic (exact) mass is 332 g/mol. The van der Waals surface area contributed by atoms with Crippen LogP contribution in [0.3, 0.4) is 0 Å². The van der Waals surface area contributed by atoms with E-state index >= 15 is 0 Å². The zero-order valence-electron chi connectivity index (χ0n) is 9.84. The smallest absolute Gasteiger partial charge is 0.173 e. The second-order valence-corrected chi connectivity index (χ2v) is 5.51. The summed E-state index contributed by atoms with van der Waals surface area (Å²) in [7, 11) is 0. The van der Waals surface area contributed by atoms with Gasteiger partial charge in [-0.15, -0.1) is 0 Å². The van der Waals surface area contributed by atoms with Crippen molar-refractivity contribution >= 4 is 33.5 Å². The van der Waals surface area contributed by atoms with Crippen LogP contribution in [0.15, 0.2) is 52.1 Å². The Morgan fingerprint density at radius 2 is 2.05 bits per heavy atom. The second-order valence-electron chi connectivity index (χ2n) is 3.69. The van der Waals surface area contributed by atoms with Crippen molar-refractivity contribution in [2.75, 3.05) is 5.75 Å². The number of benzene rings is 1. The van der Waals surface area contributed by atoms with Crippen LogP contribution in [0, 0.1) is 11.3 Å². The maximum Gasteiger partial charge on any atom is 0.173 e. The van der Waals surface area contributed by atoms with Crippen molar-refractivity contribution in [3.63, 3.8) is 0 Å². The molecule has 2 rings (SSSR count). The van der Waals surface area contributed by atoms with Crippen LogP contribution in [-0.4, -0.2) is 16.5 Å². The number of nitriles is 1. The normalized spacial score (nSPS) is 9.89. The standard InChI is InChI=1S/C14H9BrN2OS/c15-12-2-1-7-17-14(12)19-9-13(18)11-5-3-10(8-16)4-6-11/h1-7H,9H2. The van der Waals surface area contributed by atoms with Crippen LogP contribution in [0.25, 0.3) is 0 Å². The Kier molecular flexibility index (Phi) is 4.72. The summed E-state index contributed by atoms with van der Waals surface area (Å²) in [6, 6.07) is 12.4. The number of Topliss-reactive ketones (excluding diaryl/α,β-unsaturated/α-hetero) is 1. The third-order valence-electron chi connectivity index (χ3n) is 2.40. The van der Waals surface area contributed by atoms with Crippen molar-refractivity contribution in [2.45, 2.75) is 5.03 Å². The molecular weight excluding hydrogens is 324 g/mol. The van der Waals surface area contributed by atoms with E-state index in [4.69, 9.17) is 5.26 Å². The van der Waals surface area contributed by atoms with Gasteiger partial charge in [-0.1, -0.05) is 23.9 Å². The van der Waals surface area contributed by atoms with Gasteiger partial charge < -0.3 is 0 Å². The number of halogens is 1. The molecule has 0 N–H and O–H groups in total. The Balaban J connectivity index is 2.02. The largest absolute Gasteiger partial charge is 0.293 e. The fourth-order valence-corrected chi connectivity index (χ4v) is 2.80. The summed E-state index contributed by atoms with van der Waals surface area (Å²) in [5.41, 5.74) is 1.16. The predicted molar refractivity (Wildman–Crippen MR) is 78.1 cm³/mol. The summed E-state index contributed by atoms with van der Waals surface area (Å²) >= 11 is 4.78. The van der Waals surface area contributed by atoms with E-state index in [2.05, 4.69) is 20.9 Å². The first-order valence-corrected chi connectivity index (χ1v) is 7.25. The number of carbonyl (C=O) groups is 1. The van der Waals surface area contributed by atoms with Gasteiger partial charge in [-0.2, -0.15) is 5.26 Å². The van der Waals surface area contributed by atoms with Crippen molar-refractivity contribution in [1.82, 2.24) is 4.98 Å². The molecule has 19 heavy (non-hydrogen) atoms. The molecule has 0 spiro atoms. The van der Waals surface area contributed by atoms with Gasteiger partial charge in [0.2, 0.25) is 0 Å². The number of hydrogen-bond acceptors (Lipinski definition) is 4. The quantitative estimate of drug-likeness (QED) is 0.632. The van der Waals surface area contributed by atoms with E-state index in [-0.39, 0.29) is 5.78 Å². The number of aromatic nitrogens is 1. The lowest BCUT2D eigenvalue weighted by Crippen LogP contribution is -2.02. The molecule has 0 bridgehead atoms. The van der Waals surface area contributed by atoms with E-state index < -0.39 is 0 Å². The molecule has 0 aliphatic heterocycles. The number of hydrogen-bond donors (Lipinski definition) is 0. The lowest BCUT2D eigenvalue weighted by molar-refractivity contribution is 0.102. The van der Waals surface area contributed by atoms with Gasteiger partial charge in [-0.3, -0.25) is 4.79 Å². The molecule has 94 valence electrons. The number of ketones is 1. The first kappa shape index (κ1) is 13.8.